The quantitative estimate of drug-likeness (QED) is 0.517. The molecular formula is C14H28O5. The number of hydrogen-bond acceptors (Lipinski definition) is 5. The van der Waals surface area contributed by atoms with Crippen molar-refractivity contribution in [3.8, 4) is 0 Å². The minimum Gasteiger partial charge on any atom is -0.466 e. The maximum absolute atomic E-state index is 11.0. The van der Waals surface area contributed by atoms with Gasteiger partial charge in [-0.3, -0.25) is 9.59 Å². The molecule has 5 heteroatoms. The van der Waals surface area contributed by atoms with Gasteiger partial charge in [-0.1, -0.05) is 19.8 Å². The third-order valence-electron chi connectivity index (χ3n) is 2.15. The highest BCUT2D eigenvalue weighted by Crippen LogP contribution is 2.01. The molecule has 0 saturated heterocycles. The summed E-state index contributed by atoms with van der Waals surface area (Å²) in [6, 6.07) is 0. The highest BCUT2D eigenvalue weighted by Gasteiger charge is 2.00. The zero-order valence-electron chi connectivity index (χ0n) is 12.4. The van der Waals surface area contributed by atoms with Gasteiger partial charge in [0.1, 0.15) is 0 Å². The molecule has 0 aliphatic heterocycles. The molecule has 114 valence electrons. The number of hydrogen-bond donors (Lipinski definition) is 1. The second-order valence-electron chi connectivity index (χ2n) is 4.03. The van der Waals surface area contributed by atoms with Crippen LogP contribution in [0.4, 0.5) is 0 Å². The molecule has 0 aromatic rings. The number of aliphatic hydroxyl groups excluding tert-OH is 1. The molecule has 0 unspecified atom stereocenters. The molecule has 19 heavy (non-hydrogen) atoms. The SMILES string of the molecule is CCCCOC(=O)CCCCCO.CCOC(C)=O. The number of ether oxygens (including phenoxy) is 2. The third kappa shape index (κ3) is 22.5. The summed E-state index contributed by atoms with van der Waals surface area (Å²) in [7, 11) is 0. The molecule has 0 heterocycles. The van der Waals surface area contributed by atoms with Crippen LogP contribution in [0.25, 0.3) is 0 Å². The van der Waals surface area contributed by atoms with E-state index in [1.54, 1.807) is 6.92 Å². The molecule has 5 nitrogen and oxygen atoms in total. The molecule has 0 aliphatic carbocycles. The Morgan fingerprint density at radius 2 is 1.68 bits per heavy atom. The number of unbranched alkanes of at least 4 members (excludes halogenated alkanes) is 3. The molecule has 0 fully saturated rings. The van der Waals surface area contributed by atoms with E-state index >= 15 is 0 Å². The van der Waals surface area contributed by atoms with Crippen LogP contribution in [0, 0.1) is 0 Å². The molecule has 0 spiro atoms. The topological polar surface area (TPSA) is 72.8 Å². The van der Waals surface area contributed by atoms with Gasteiger partial charge >= 0.3 is 11.9 Å². The zero-order valence-corrected chi connectivity index (χ0v) is 12.4. The van der Waals surface area contributed by atoms with E-state index in [1.807, 2.05) is 0 Å². The molecule has 0 aromatic carbocycles. The first-order valence-corrected chi connectivity index (χ1v) is 6.98. The van der Waals surface area contributed by atoms with Crippen molar-refractivity contribution < 1.29 is 24.2 Å². The Hall–Kier alpha value is -1.10. The van der Waals surface area contributed by atoms with Gasteiger partial charge in [-0.05, 0) is 26.2 Å². The standard InChI is InChI=1S/C10H20O3.C4H8O2/c1-2-3-9-13-10(12)7-5-4-6-8-11;1-3-6-4(2)5/h11H,2-9H2,1H3;3H2,1-2H3. The van der Waals surface area contributed by atoms with Crippen LogP contribution in [0.15, 0.2) is 0 Å². The predicted molar refractivity (Wildman–Crippen MR) is 73.7 cm³/mol. The van der Waals surface area contributed by atoms with Crippen molar-refractivity contribution in [1.29, 1.82) is 0 Å². The predicted octanol–water partition coefficient (Wildman–Crippen LogP) is 2.45. The summed E-state index contributed by atoms with van der Waals surface area (Å²) >= 11 is 0. The van der Waals surface area contributed by atoms with Crippen molar-refractivity contribution in [2.24, 2.45) is 0 Å². The monoisotopic (exact) mass is 276 g/mol. The lowest BCUT2D eigenvalue weighted by Crippen LogP contribution is -2.05. The fourth-order valence-electron chi connectivity index (χ4n) is 1.16. The first-order valence-electron chi connectivity index (χ1n) is 6.98. The zero-order chi connectivity index (χ0) is 14.9. The van der Waals surface area contributed by atoms with Gasteiger partial charge in [0.15, 0.2) is 0 Å². The molecule has 0 radical (unpaired) electrons. The average molecular weight is 276 g/mol. The third-order valence-corrected chi connectivity index (χ3v) is 2.15. The van der Waals surface area contributed by atoms with Crippen LogP contribution in [0.3, 0.4) is 0 Å². The minimum absolute atomic E-state index is 0.105. The number of aliphatic hydroxyl groups is 1. The molecule has 0 bridgehead atoms. The smallest absolute Gasteiger partial charge is 0.305 e. The van der Waals surface area contributed by atoms with Crippen LogP contribution < -0.4 is 0 Å². The molecule has 0 saturated carbocycles. The lowest BCUT2D eigenvalue weighted by atomic mass is 10.2. The first-order chi connectivity index (χ1) is 9.08. The maximum Gasteiger partial charge on any atom is 0.305 e. The Morgan fingerprint density at radius 1 is 1.00 bits per heavy atom. The van der Waals surface area contributed by atoms with E-state index in [-0.39, 0.29) is 18.5 Å². The van der Waals surface area contributed by atoms with Crippen molar-refractivity contribution in [3.05, 3.63) is 0 Å². The summed E-state index contributed by atoms with van der Waals surface area (Å²) in [6.45, 7) is 6.48. The van der Waals surface area contributed by atoms with Crippen molar-refractivity contribution in [1.82, 2.24) is 0 Å². The van der Waals surface area contributed by atoms with Gasteiger partial charge in [0, 0.05) is 20.0 Å². The Bertz CT molecular complexity index is 216. The van der Waals surface area contributed by atoms with Gasteiger partial charge in [0.25, 0.3) is 0 Å². The Labute approximate surface area is 116 Å². The maximum atomic E-state index is 11.0. The van der Waals surface area contributed by atoms with Gasteiger partial charge in [0.05, 0.1) is 13.2 Å². The van der Waals surface area contributed by atoms with E-state index < -0.39 is 0 Å². The van der Waals surface area contributed by atoms with Crippen LogP contribution in [0.5, 0.6) is 0 Å². The highest BCUT2D eigenvalue weighted by molar-refractivity contribution is 5.69. The molecule has 1 N–H and O–H groups in total. The fourth-order valence-corrected chi connectivity index (χ4v) is 1.16. The fraction of sp³-hybridized carbons (Fsp3) is 0.857. The summed E-state index contributed by atoms with van der Waals surface area (Å²) in [4.78, 5) is 20.8. The molecular weight excluding hydrogens is 248 g/mol. The van der Waals surface area contributed by atoms with Crippen molar-refractivity contribution in [2.75, 3.05) is 19.8 Å². The van der Waals surface area contributed by atoms with Gasteiger partial charge in [-0.15, -0.1) is 0 Å². The summed E-state index contributed by atoms with van der Waals surface area (Å²) < 4.78 is 9.36. The average Bonchev–Trinajstić information content (AvgIpc) is 2.36. The number of rotatable bonds is 9. The van der Waals surface area contributed by atoms with Crippen molar-refractivity contribution in [2.45, 2.75) is 59.3 Å². The largest absolute Gasteiger partial charge is 0.466 e. The molecule has 0 aromatic heterocycles. The van der Waals surface area contributed by atoms with Crippen LogP contribution in [0.2, 0.25) is 0 Å². The van der Waals surface area contributed by atoms with Gasteiger partial charge in [-0.25, -0.2) is 0 Å². The van der Waals surface area contributed by atoms with Crippen LogP contribution >= 0.6 is 0 Å². The number of esters is 2. The molecule has 0 rings (SSSR count). The summed E-state index contributed by atoms with van der Waals surface area (Å²) in [5, 5.41) is 8.49. The summed E-state index contributed by atoms with van der Waals surface area (Å²) in [6.07, 6.45) is 5.00. The number of carbonyl (C=O) groups excluding carboxylic acids is 2. The van der Waals surface area contributed by atoms with E-state index in [0.717, 1.165) is 32.1 Å². The Morgan fingerprint density at radius 3 is 2.11 bits per heavy atom. The summed E-state index contributed by atoms with van der Waals surface area (Å²) in [5.41, 5.74) is 0. The lowest BCUT2D eigenvalue weighted by Gasteiger charge is -2.02. The molecule has 0 aliphatic rings. The Kier molecular flexibility index (Phi) is 18.0. The molecule has 0 atom stereocenters. The second kappa shape index (κ2) is 16.9. The first kappa shape index (κ1) is 20.2. The van der Waals surface area contributed by atoms with E-state index in [9.17, 15) is 9.59 Å². The van der Waals surface area contributed by atoms with E-state index in [2.05, 4.69) is 11.7 Å². The van der Waals surface area contributed by atoms with Gasteiger partial charge < -0.3 is 14.6 Å². The highest BCUT2D eigenvalue weighted by atomic mass is 16.5. The molecule has 0 amide bonds. The summed E-state index contributed by atoms with van der Waals surface area (Å²) in [5.74, 6) is -0.316. The normalized spacial score (nSPS) is 9.26. The van der Waals surface area contributed by atoms with Crippen molar-refractivity contribution >= 4 is 11.9 Å². The van der Waals surface area contributed by atoms with Crippen molar-refractivity contribution in [3.63, 3.8) is 0 Å². The van der Waals surface area contributed by atoms with E-state index in [1.165, 1.54) is 6.92 Å². The van der Waals surface area contributed by atoms with Crippen LogP contribution in [0.1, 0.15) is 59.3 Å². The second-order valence-corrected chi connectivity index (χ2v) is 4.03. The van der Waals surface area contributed by atoms with E-state index in [0.29, 0.717) is 19.6 Å². The van der Waals surface area contributed by atoms with Gasteiger partial charge in [-0.2, -0.15) is 0 Å². The van der Waals surface area contributed by atoms with Crippen LogP contribution in [-0.2, 0) is 19.1 Å². The Balaban J connectivity index is 0. The van der Waals surface area contributed by atoms with Crippen LogP contribution in [-0.4, -0.2) is 36.9 Å². The minimum atomic E-state index is -0.211. The van der Waals surface area contributed by atoms with E-state index in [4.69, 9.17) is 9.84 Å². The van der Waals surface area contributed by atoms with Gasteiger partial charge in [0.2, 0.25) is 0 Å². The lowest BCUT2D eigenvalue weighted by molar-refractivity contribution is -0.144. The number of carbonyl (C=O) groups is 2.